The van der Waals surface area contributed by atoms with Crippen molar-refractivity contribution in [1.29, 1.82) is 0 Å². The van der Waals surface area contributed by atoms with Crippen LogP contribution in [0.15, 0.2) is 5.38 Å². The highest BCUT2D eigenvalue weighted by Gasteiger charge is 2.22. The maximum Gasteiger partial charge on any atom is 0.0594 e. The maximum atomic E-state index is 6.24. The molecular weight excluding hydrogens is 244 g/mol. The van der Waals surface area contributed by atoms with Crippen molar-refractivity contribution in [2.75, 3.05) is 13.7 Å². The number of ether oxygens (including phenoxy) is 1. The second-order valence-electron chi connectivity index (χ2n) is 4.00. The standard InChI is InChI=1S/C11H19ClN2OS/c1-7(4-5-15-3)10(14-13)11-9(12)8(2)6-16-11/h6-7,10,14H,4-5,13H2,1-3H3. The minimum Gasteiger partial charge on any atom is -0.385 e. The highest BCUT2D eigenvalue weighted by Crippen LogP contribution is 2.36. The number of nitrogens with one attached hydrogen (secondary N) is 1. The Bertz CT molecular complexity index is 330. The molecule has 1 rings (SSSR count). The Morgan fingerprint density at radius 3 is 2.75 bits per heavy atom. The molecule has 2 atom stereocenters. The number of nitrogens with two attached hydrogens (primary N) is 1. The maximum absolute atomic E-state index is 6.24. The van der Waals surface area contributed by atoms with Crippen molar-refractivity contribution in [2.24, 2.45) is 11.8 Å². The van der Waals surface area contributed by atoms with Gasteiger partial charge in [-0.3, -0.25) is 11.3 Å². The first kappa shape index (κ1) is 13.9. The van der Waals surface area contributed by atoms with Crippen LogP contribution >= 0.6 is 22.9 Å². The normalized spacial score (nSPS) is 15.1. The summed E-state index contributed by atoms with van der Waals surface area (Å²) in [5.74, 6) is 6.00. The molecule has 1 heterocycles. The van der Waals surface area contributed by atoms with Gasteiger partial charge >= 0.3 is 0 Å². The molecule has 0 aliphatic heterocycles. The van der Waals surface area contributed by atoms with Crippen LogP contribution in [0, 0.1) is 12.8 Å². The Morgan fingerprint density at radius 2 is 2.31 bits per heavy atom. The summed E-state index contributed by atoms with van der Waals surface area (Å²) in [4.78, 5) is 1.12. The van der Waals surface area contributed by atoms with Gasteiger partial charge in [-0.1, -0.05) is 18.5 Å². The minimum absolute atomic E-state index is 0.0985. The van der Waals surface area contributed by atoms with Crippen LogP contribution in [-0.2, 0) is 4.74 Å². The smallest absolute Gasteiger partial charge is 0.0594 e. The number of hydrogen-bond acceptors (Lipinski definition) is 4. The van der Waals surface area contributed by atoms with Crippen molar-refractivity contribution in [3.05, 3.63) is 20.8 Å². The molecule has 0 radical (unpaired) electrons. The summed E-state index contributed by atoms with van der Waals surface area (Å²) < 4.78 is 5.08. The SMILES string of the molecule is COCCC(C)C(NN)c1scc(C)c1Cl. The summed E-state index contributed by atoms with van der Waals surface area (Å²) in [5, 5.41) is 2.89. The number of methoxy groups -OCH3 is 1. The van der Waals surface area contributed by atoms with Crippen LogP contribution in [0.5, 0.6) is 0 Å². The van der Waals surface area contributed by atoms with Crippen LogP contribution in [0.25, 0.3) is 0 Å². The van der Waals surface area contributed by atoms with Gasteiger partial charge in [0.2, 0.25) is 0 Å². The lowest BCUT2D eigenvalue weighted by molar-refractivity contribution is 0.170. The van der Waals surface area contributed by atoms with Crippen molar-refractivity contribution in [2.45, 2.75) is 26.3 Å². The number of halogens is 1. The Balaban J connectivity index is 2.77. The average Bonchev–Trinajstić information content (AvgIpc) is 2.59. The van der Waals surface area contributed by atoms with Crippen LogP contribution in [0.1, 0.15) is 29.8 Å². The number of aryl methyl sites for hydroxylation is 1. The van der Waals surface area contributed by atoms with Gasteiger partial charge in [0.15, 0.2) is 0 Å². The monoisotopic (exact) mass is 262 g/mol. The molecule has 16 heavy (non-hydrogen) atoms. The fourth-order valence-corrected chi connectivity index (χ4v) is 3.13. The zero-order chi connectivity index (χ0) is 12.1. The van der Waals surface area contributed by atoms with E-state index in [0.29, 0.717) is 5.92 Å². The molecule has 0 saturated carbocycles. The van der Waals surface area contributed by atoms with E-state index in [1.165, 1.54) is 0 Å². The van der Waals surface area contributed by atoms with Crippen LogP contribution in [0.3, 0.4) is 0 Å². The quantitative estimate of drug-likeness (QED) is 0.612. The lowest BCUT2D eigenvalue weighted by atomic mass is 9.97. The molecule has 3 nitrogen and oxygen atoms in total. The first-order chi connectivity index (χ1) is 7.61. The van der Waals surface area contributed by atoms with E-state index in [0.717, 1.165) is 28.5 Å². The van der Waals surface area contributed by atoms with E-state index in [2.05, 4.69) is 17.7 Å². The van der Waals surface area contributed by atoms with Gasteiger partial charge in [-0.05, 0) is 30.2 Å². The van der Waals surface area contributed by atoms with E-state index in [1.807, 2.05) is 6.92 Å². The predicted octanol–water partition coefficient (Wildman–Crippen LogP) is 2.89. The summed E-state index contributed by atoms with van der Waals surface area (Å²) in [7, 11) is 1.71. The zero-order valence-corrected chi connectivity index (χ0v) is 11.5. The van der Waals surface area contributed by atoms with E-state index in [1.54, 1.807) is 18.4 Å². The van der Waals surface area contributed by atoms with Crippen molar-refractivity contribution in [3.63, 3.8) is 0 Å². The van der Waals surface area contributed by atoms with Gasteiger partial charge in [0.1, 0.15) is 0 Å². The third-order valence-corrected chi connectivity index (χ3v) is 4.53. The third kappa shape index (κ3) is 3.18. The molecule has 92 valence electrons. The summed E-state index contributed by atoms with van der Waals surface area (Å²) in [6, 6.07) is 0.0985. The molecule has 1 aromatic heterocycles. The third-order valence-electron chi connectivity index (χ3n) is 2.73. The van der Waals surface area contributed by atoms with Gasteiger partial charge in [-0.2, -0.15) is 0 Å². The second-order valence-corrected chi connectivity index (χ2v) is 5.29. The summed E-state index contributed by atoms with van der Waals surface area (Å²) >= 11 is 7.90. The molecular formula is C11H19ClN2OS. The zero-order valence-electron chi connectivity index (χ0n) is 9.92. The summed E-state index contributed by atoms with van der Waals surface area (Å²) in [6.07, 6.45) is 0.957. The van der Waals surface area contributed by atoms with Gasteiger partial charge in [0, 0.05) is 18.6 Å². The average molecular weight is 263 g/mol. The molecule has 5 heteroatoms. The molecule has 0 aliphatic carbocycles. The Labute approximate surface area is 106 Å². The minimum atomic E-state index is 0.0985. The summed E-state index contributed by atoms with van der Waals surface area (Å²) in [6.45, 7) is 4.89. The number of hydrogen-bond donors (Lipinski definition) is 2. The van der Waals surface area contributed by atoms with E-state index in [9.17, 15) is 0 Å². The first-order valence-corrected chi connectivity index (χ1v) is 6.56. The van der Waals surface area contributed by atoms with Gasteiger partial charge in [-0.25, -0.2) is 0 Å². The van der Waals surface area contributed by atoms with Crippen molar-refractivity contribution in [3.8, 4) is 0 Å². The fraction of sp³-hybridized carbons (Fsp3) is 0.636. The lowest BCUT2D eigenvalue weighted by Gasteiger charge is -2.22. The largest absolute Gasteiger partial charge is 0.385 e. The molecule has 0 fully saturated rings. The Morgan fingerprint density at radius 1 is 1.62 bits per heavy atom. The number of hydrazine groups is 1. The Kier molecular flexibility index (Phi) is 5.72. The number of thiophene rings is 1. The molecule has 0 spiro atoms. The first-order valence-electron chi connectivity index (χ1n) is 5.30. The van der Waals surface area contributed by atoms with Crippen molar-refractivity contribution < 1.29 is 4.74 Å². The van der Waals surface area contributed by atoms with Gasteiger partial charge in [-0.15, -0.1) is 11.3 Å². The molecule has 0 aliphatic rings. The van der Waals surface area contributed by atoms with Crippen LogP contribution < -0.4 is 11.3 Å². The molecule has 2 unspecified atom stereocenters. The molecule has 0 aromatic carbocycles. The van der Waals surface area contributed by atoms with E-state index >= 15 is 0 Å². The predicted molar refractivity (Wildman–Crippen MR) is 69.8 cm³/mol. The molecule has 1 aromatic rings. The van der Waals surface area contributed by atoms with Gasteiger partial charge in [0.25, 0.3) is 0 Å². The van der Waals surface area contributed by atoms with E-state index < -0.39 is 0 Å². The highest BCUT2D eigenvalue weighted by atomic mass is 35.5. The molecule has 0 saturated heterocycles. The highest BCUT2D eigenvalue weighted by molar-refractivity contribution is 7.10. The van der Waals surface area contributed by atoms with Crippen LogP contribution in [0.2, 0.25) is 5.02 Å². The van der Waals surface area contributed by atoms with Crippen molar-refractivity contribution in [1.82, 2.24) is 5.43 Å². The molecule has 0 bridgehead atoms. The molecule has 0 amide bonds. The van der Waals surface area contributed by atoms with Gasteiger partial charge < -0.3 is 4.74 Å². The fourth-order valence-electron chi connectivity index (χ4n) is 1.63. The lowest BCUT2D eigenvalue weighted by Crippen LogP contribution is -2.32. The van der Waals surface area contributed by atoms with Crippen molar-refractivity contribution >= 4 is 22.9 Å². The molecule has 3 N–H and O–H groups in total. The van der Waals surface area contributed by atoms with Crippen LogP contribution in [0.4, 0.5) is 0 Å². The van der Waals surface area contributed by atoms with Gasteiger partial charge in [0.05, 0.1) is 11.1 Å². The van der Waals surface area contributed by atoms with E-state index in [-0.39, 0.29) is 6.04 Å². The topological polar surface area (TPSA) is 47.3 Å². The van der Waals surface area contributed by atoms with Crippen LogP contribution in [-0.4, -0.2) is 13.7 Å². The van der Waals surface area contributed by atoms with E-state index in [4.69, 9.17) is 22.2 Å². The second kappa shape index (κ2) is 6.57. The Hall–Kier alpha value is -0.130. The summed E-state index contributed by atoms with van der Waals surface area (Å²) in [5.41, 5.74) is 3.96. The number of rotatable bonds is 6.